The number of nitrogens with zero attached hydrogens (tertiary/aromatic N) is 7. The van der Waals surface area contributed by atoms with Crippen molar-refractivity contribution in [3.8, 4) is 0 Å². The van der Waals surface area contributed by atoms with E-state index in [0.717, 1.165) is 65.2 Å². The van der Waals surface area contributed by atoms with E-state index in [9.17, 15) is 14.9 Å². The fraction of sp³-hybridized carbons (Fsp3) is 0.121. The number of anilines is 5. The number of halogens is 2. The second kappa shape index (κ2) is 12.2. The highest BCUT2D eigenvalue weighted by molar-refractivity contribution is 6.31. The quantitative estimate of drug-likeness (QED) is 0.115. The number of carbonyl (C=O) groups is 1. The van der Waals surface area contributed by atoms with Crippen molar-refractivity contribution in [1.29, 1.82) is 0 Å². The smallest absolute Gasteiger partial charge is 0.271 e. The first-order valence-corrected chi connectivity index (χ1v) is 15.1. The topological polar surface area (TPSA) is 130 Å². The van der Waals surface area contributed by atoms with Crippen LogP contribution < -0.4 is 15.1 Å². The molecule has 11 nitrogen and oxygen atoms in total. The number of fused-ring (bicyclic) bond motifs is 4. The van der Waals surface area contributed by atoms with Gasteiger partial charge in [-0.15, -0.1) is 0 Å². The van der Waals surface area contributed by atoms with E-state index >= 15 is 0 Å². The number of rotatable bonds is 5. The molecule has 1 N–H and O–H groups in total. The van der Waals surface area contributed by atoms with Gasteiger partial charge in [0.25, 0.3) is 5.69 Å². The fourth-order valence-electron chi connectivity index (χ4n) is 5.92. The number of hydrogen-bond acceptors (Lipinski definition) is 9. The first-order chi connectivity index (χ1) is 22.4. The van der Waals surface area contributed by atoms with Crippen LogP contribution in [0.4, 0.5) is 34.4 Å². The molecule has 0 spiro atoms. The van der Waals surface area contributed by atoms with Crippen LogP contribution in [0.15, 0.2) is 85.5 Å². The Kier molecular flexibility index (Phi) is 7.77. The van der Waals surface area contributed by atoms with E-state index in [0.29, 0.717) is 27.7 Å². The average molecular weight is 652 g/mol. The Labute approximate surface area is 272 Å². The molecule has 2 aromatic heterocycles. The van der Waals surface area contributed by atoms with E-state index in [4.69, 9.17) is 23.2 Å². The molecule has 0 bridgehead atoms. The summed E-state index contributed by atoms with van der Waals surface area (Å²) in [6, 6.07) is 22.0. The zero-order valence-electron chi connectivity index (χ0n) is 24.1. The van der Waals surface area contributed by atoms with Gasteiger partial charge in [0.15, 0.2) is 0 Å². The molecule has 2 aliphatic heterocycles. The van der Waals surface area contributed by atoms with E-state index in [1.165, 1.54) is 29.6 Å². The second-order valence-corrected chi connectivity index (χ2v) is 11.6. The van der Waals surface area contributed by atoms with Crippen LogP contribution >= 0.6 is 23.2 Å². The van der Waals surface area contributed by atoms with Gasteiger partial charge in [-0.05, 0) is 72.5 Å². The summed E-state index contributed by atoms with van der Waals surface area (Å²) in [6.07, 6.45) is 5.52. The van der Waals surface area contributed by atoms with Gasteiger partial charge in [-0.2, -0.15) is 0 Å². The van der Waals surface area contributed by atoms with Gasteiger partial charge in [-0.3, -0.25) is 14.9 Å². The van der Waals surface area contributed by atoms with Gasteiger partial charge >= 0.3 is 0 Å². The highest BCUT2D eigenvalue weighted by Gasteiger charge is 2.25. The standard InChI is InChI=1S/C17H13ClN4O.C16H11ClN4O2/c18-12-2-1-11-5-6-22(16(11)7-12)17-14-8-13(21-10-23)3-4-15(14)19-9-20-17;17-11-2-1-10-5-6-20(15(10)7-11)16-13-4-3-12(21(22)23)8-14(13)18-9-19-16/h1-4,7-10H,5-6H2,(H,21,23);1-4,7-9H,5-6H2. The lowest BCUT2D eigenvalue weighted by Crippen LogP contribution is -2.15. The summed E-state index contributed by atoms with van der Waals surface area (Å²) in [5, 5.41) is 16.6. The van der Waals surface area contributed by atoms with Crippen molar-refractivity contribution in [3.05, 3.63) is 117 Å². The molecule has 0 radical (unpaired) electrons. The molecule has 4 aromatic carbocycles. The van der Waals surface area contributed by atoms with Crippen molar-refractivity contribution in [2.75, 3.05) is 28.2 Å². The summed E-state index contributed by atoms with van der Waals surface area (Å²) in [4.78, 5) is 42.8. The molecule has 8 rings (SSSR count). The van der Waals surface area contributed by atoms with Crippen LogP contribution in [0.5, 0.6) is 0 Å². The van der Waals surface area contributed by atoms with Gasteiger partial charge in [0.1, 0.15) is 24.3 Å². The van der Waals surface area contributed by atoms with E-state index in [-0.39, 0.29) is 5.69 Å². The molecule has 4 heterocycles. The Balaban J connectivity index is 0.000000147. The van der Waals surface area contributed by atoms with Crippen molar-refractivity contribution in [2.24, 2.45) is 0 Å². The molecule has 0 saturated carbocycles. The van der Waals surface area contributed by atoms with Crippen LogP contribution in [0.1, 0.15) is 11.1 Å². The molecule has 6 aromatic rings. The number of amides is 1. The largest absolute Gasteiger partial charge is 0.329 e. The molecular formula is C33H24Cl2N8O3. The minimum Gasteiger partial charge on any atom is -0.329 e. The molecule has 0 fully saturated rings. The van der Waals surface area contributed by atoms with Crippen LogP contribution in [0.2, 0.25) is 10.0 Å². The minimum absolute atomic E-state index is 0.0204. The Morgan fingerprint density at radius 3 is 1.93 bits per heavy atom. The molecule has 2 aliphatic rings. The maximum atomic E-state index is 10.9. The number of hydrogen-bond donors (Lipinski definition) is 1. The lowest BCUT2D eigenvalue weighted by molar-refractivity contribution is -0.384. The molecule has 0 unspecified atom stereocenters. The Bertz CT molecular complexity index is 2160. The zero-order chi connectivity index (χ0) is 31.8. The maximum absolute atomic E-state index is 10.9. The molecule has 0 aliphatic carbocycles. The van der Waals surface area contributed by atoms with Crippen LogP contribution in [-0.2, 0) is 17.6 Å². The third-order valence-corrected chi connectivity index (χ3v) is 8.52. The number of nitro benzene ring substituents is 1. The summed E-state index contributed by atoms with van der Waals surface area (Å²) in [5.41, 5.74) is 6.69. The molecule has 46 heavy (non-hydrogen) atoms. The molecule has 13 heteroatoms. The highest BCUT2D eigenvalue weighted by atomic mass is 35.5. The number of non-ortho nitro benzene ring substituents is 1. The summed E-state index contributed by atoms with van der Waals surface area (Å²) in [7, 11) is 0. The van der Waals surface area contributed by atoms with Crippen molar-refractivity contribution >= 4 is 85.8 Å². The van der Waals surface area contributed by atoms with Crippen LogP contribution in [0.3, 0.4) is 0 Å². The first kappa shape index (κ1) is 29.3. The molecule has 1 amide bonds. The van der Waals surface area contributed by atoms with Crippen LogP contribution in [0, 0.1) is 10.1 Å². The van der Waals surface area contributed by atoms with E-state index in [2.05, 4.69) is 41.1 Å². The van der Waals surface area contributed by atoms with Gasteiger partial charge in [-0.1, -0.05) is 35.3 Å². The SMILES string of the molecule is O=CNc1ccc2ncnc(N3CCc4ccc(Cl)cc43)c2c1.O=[N+]([O-])c1ccc2c(N3CCc4ccc(Cl)cc43)ncnc2c1. The van der Waals surface area contributed by atoms with E-state index in [1.807, 2.05) is 48.5 Å². The number of carbonyl (C=O) groups excluding carboxylic acids is 1. The second-order valence-electron chi connectivity index (χ2n) is 10.7. The minimum atomic E-state index is -0.424. The number of nitro groups is 1. The summed E-state index contributed by atoms with van der Waals surface area (Å²) < 4.78 is 0. The lowest BCUT2D eigenvalue weighted by Gasteiger charge is -2.20. The third kappa shape index (κ3) is 5.50. The van der Waals surface area contributed by atoms with Crippen molar-refractivity contribution in [2.45, 2.75) is 12.8 Å². The van der Waals surface area contributed by atoms with Crippen LogP contribution in [-0.4, -0.2) is 44.4 Å². The highest BCUT2D eigenvalue weighted by Crippen LogP contribution is 2.39. The summed E-state index contributed by atoms with van der Waals surface area (Å²) in [6.45, 7) is 1.63. The van der Waals surface area contributed by atoms with Gasteiger partial charge in [-0.25, -0.2) is 19.9 Å². The number of benzene rings is 4. The Morgan fingerprint density at radius 2 is 1.33 bits per heavy atom. The molecule has 0 atom stereocenters. The van der Waals surface area contributed by atoms with E-state index in [1.54, 1.807) is 12.4 Å². The van der Waals surface area contributed by atoms with Gasteiger partial charge in [0, 0.05) is 63.1 Å². The number of nitrogens with one attached hydrogen (secondary N) is 1. The number of aromatic nitrogens is 4. The van der Waals surface area contributed by atoms with Gasteiger partial charge in [0.05, 0.1) is 16.0 Å². The maximum Gasteiger partial charge on any atom is 0.271 e. The van der Waals surface area contributed by atoms with Crippen molar-refractivity contribution < 1.29 is 9.72 Å². The first-order valence-electron chi connectivity index (χ1n) is 14.4. The molecular weight excluding hydrogens is 627 g/mol. The molecule has 0 saturated heterocycles. The Morgan fingerprint density at radius 1 is 0.717 bits per heavy atom. The average Bonchev–Trinajstić information content (AvgIpc) is 3.68. The monoisotopic (exact) mass is 650 g/mol. The lowest BCUT2D eigenvalue weighted by atomic mass is 10.1. The van der Waals surface area contributed by atoms with Crippen molar-refractivity contribution in [1.82, 2.24) is 19.9 Å². The van der Waals surface area contributed by atoms with Crippen molar-refractivity contribution in [3.63, 3.8) is 0 Å². The summed E-state index contributed by atoms with van der Waals surface area (Å²) >= 11 is 12.3. The Hall–Kier alpha value is -5.39. The van der Waals surface area contributed by atoms with E-state index < -0.39 is 4.92 Å². The summed E-state index contributed by atoms with van der Waals surface area (Å²) in [5.74, 6) is 1.57. The van der Waals surface area contributed by atoms with Crippen LogP contribution in [0.25, 0.3) is 21.8 Å². The predicted octanol–water partition coefficient (Wildman–Crippen LogP) is 7.43. The zero-order valence-corrected chi connectivity index (χ0v) is 25.6. The predicted molar refractivity (Wildman–Crippen MR) is 180 cm³/mol. The van der Waals surface area contributed by atoms with Gasteiger partial charge < -0.3 is 15.1 Å². The van der Waals surface area contributed by atoms with Gasteiger partial charge in [0.2, 0.25) is 6.41 Å². The fourth-order valence-corrected chi connectivity index (χ4v) is 6.25. The third-order valence-electron chi connectivity index (χ3n) is 8.05. The normalized spacial score (nSPS) is 13.3. The molecule has 228 valence electrons.